The Bertz CT molecular complexity index is 784. The third-order valence-corrected chi connectivity index (χ3v) is 5.39. The number of thiazole rings is 1. The Morgan fingerprint density at radius 2 is 2.00 bits per heavy atom. The Balaban J connectivity index is 0.00000140. The zero-order valence-electron chi connectivity index (χ0n) is 15.3. The van der Waals surface area contributed by atoms with Gasteiger partial charge in [-0.25, -0.2) is 4.98 Å². The van der Waals surface area contributed by atoms with Crippen LogP contribution in [0.4, 0.5) is 0 Å². The molecule has 0 unspecified atom stereocenters. The fourth-order valence-electron chi connectivity index (χ4n) is 3.07. The summed E-state index contributed by atoms with van der Waals surface area (Å²) in [4.78, 5) is 19.2. The van der Waals surface area contributed by atoms with Crippen LogP contribution in [0.3, 0.4) is 0 Å². The predicted molar refractivity (Wildman–Crippen MR) is 114 cm³/mol. The number of halogens is 2. The van der Waals surface area contributed by atoms with Gasteiger partial charge in [0, 0.05) is 43.7 Å². The standard InChI is InChI=1S/C18H22N4O3S.2ClH/c23-17(20-4-1-7-22-8-5-19-6-9-22)14-11-26-18(21-14)13-2-3-15-16(10-13)25-12-24-15;;/h2-3,10-11,19H,1,4-9,12H2,(H,20,23);2*1H. The monoisotopic (exact) mass is 446 g/mol. The van der Waals surface area contributed by atoms with Crippen molar-refractivity contribution in [3.05, 3.63) is 29.3 Å². The number of fused-ring (bicyclic) bond motifs is 1. The molecule has 1 amide bonds. The zero-order chi connectivity index (χ0) is 17.8. The summed E-state index contributed by atoms with van der Waals surface area (Å²) < 4.78 is 10.7. The minimum Gasteiger partial charge on any atom is -0.454 e. The van der Waals surface area contributed by atoms with Gasteiger partial charge >= 0.3 is 0 Å². The number of nitrogens with zero attached hydrogens (tertiary/aromatic N) is 2. The summed E-state index contributed by atoms with van der Waals surface area (Å²) in [5, 5.41) is 8.90. The van der Waals surface area contributed by atoms with Crippen LogP contribution in [0.15, 0.2) is 23.6 Å². The minimum atomic E-state index is -0.117. The van der Waals surface area contributed by atoms with Crippen molar-refractivity contribution in [1.82, 2.24) is 20.5 Å². The van der Waals surface area contributed by atoms with Crippen LogP contribution < -0.4 is 20.1 Å². The Labute approximate surface area is 180 Å². The summed E-state index contributed by atoms with van der Waals surface area (Å²) in [7, 11) is 0. The number of nitrogens with one attached hydrogen (secondary N) is 2. The molecule has 0 saturated carbocycles. The molecule has 2 aliphatic rings. The second kappa shape index (κ2) is 10.8. The van der Waals surface area contributed by atoms with Gasteiger partial charge in [0.25, 0.3) is 5.91 Å². The van der Waals surface area contributed by atoms with E-state index in [2.05, 4.69) is 20.5 Å². The highest BCUT2D eigenvalue weighted by Crippen LogP contribution is 2.36. The van der Waals surface area contributed by atoms with Gasteiger partial charge in [-0.2, -0.15) is 0 Å². The van der Waals surface area contributed by atoms with Crippen molar-refractivity contribution in [3.8, 4) is 22.1 Å². The quantitative estimate of drug-likeness (QED) is 0.663. The van der Waals surface area contributed by atoms with E-state index in [9.17, 15) is 4.79 Å². The van der Waals surface area contributed by atoms with Gasteiger partial charge in [0.2, 0.25) is 6.79 Å². The maximum Gasteiger partial charge on any atom is 0.270 e. The molecule has 3 heterocycles. The molecule has 0 atom stereocenters. The van der Waals surface area contributed by atoms with Crippen LogP contribution in [0.5, 0.6) is 11.5 Å². The first-order valence-corrected chi connectivity index (χ1v) is 9.74. The Morgan fingerprint density at radius 1 is 1.21 bits per heavy atom. The molecule has 2 aliphatic heterocycles. The molecule has 0 radical (unpaired) electrons. The molecule has 0 bridgehead atoms. The highest BCUT2D eigenvalue weighted by atomic mass is 35.5. The van der Waals surface area contributed by atoms with E-state index in [1.807, 2.05) is 18.2 Å². The lowest BCUT2D eigenvalue weighted by molar-refractivity contribution is 0.0947. The van der Waals surface area contributed by atoms with E-state index in [0.717, 1.165) is 61.2 Å². The lowest BCUT2D eigenvalue weighted by Gasteiger charge is -2.26. The van der Waals surface area contributed by atoms with Crippen LogP contribution in [0.25, 0.3) is 10.6 Å². The molecule has 1 fully saturated rings. The van der Waals surface area contributed by atoms with E-state index < -0.39 is 0 Å². The average Bonchev–Trinajstić information content (AvgIpc) is 3.34. The fourth-order valence-corrected chi connectivity index (χ4v) is 3.87. The van der Waals surface area contributed by atoms with Crippen molar-refractivity contribution in [2.75, 3.05) is 46.1 Å². The molecule has 0 spiro atoms. The molecule has 4 rings (SSSR count). The molecule has 1 saturated heterocycles. The molecule has 2 N–H and O–H groups in total. The van der Waals surface area contributed by atoms with Crippen molar-refractivity contribution >= 4 is 42.1 Å². The number of hydrogen-bond acceptors (Lipinski definition) is 7. The van der Waals surface area contributed by atoms with Crippen molar-refractivity contribution < 1.29 is 14.3 Å². The summed E-state index contributed by atoms with van der Waals surface area (Å²) in [5.41, 5.74) is 1.39. The number of benzene rings is 1. The molecule has 0 aliphatic carbocycles. The van der Waals surface area contributed by atoms with E-state index in [0.29, 0.717) is 12.2 Å². The Kier molecular flexibility index (Phi) is 8.78. The summed E-state index contributed by atoms with van der Waals surface area (Å²) in [6, 6.07) is 5.70. The zero-order valence-corrected chi connectivity index (χ0v) is 17.8. The summed E-state index contributed by atoms with van der Waals surface area (Å²) in [6.07, 6.45) is 0.949. The maximum atomic E-state index is 12.3. The molecule has 154 valence electrons. The molecule has 28 heavy (non-hydrogen) atoms. The van der Waals surface area contributed by atoms with Gasteiger partial charge in [-0.15, -0.1) is 36.2 Å². The van der Waals surface area contributed by atoms with Crippen LogP contribution in [-0.2, 0) is 0 Å². The minimum absolute atomic E-state index is 0. The van der Waals surface area contributed by atoms with Crippen molar-refractivity contribution in [3.63, 3.8) is 0 Å². The van der Waals surface area contributed by atoms with Crippen LogP contribution in [-0.4, -0.2) is 61.9 Å². The Morgan fingerprint density at radius 3 is 2.82 bits per heavy atom. The van der Waals surface area contributed by atoms with E-state index in [1.54, 1.807) is 5.38 Å². The second-order valence-electron chi connectivity index (χ2n) is 6.31. The van der Waals surface area contributed by atoms with E-state index >= 15 is 0 Å². The number of carbonyl (C=O) groups is 1. The number of ether oxygens (including phenoxy) is 2. The SMILES string of the molecule is Cl.Cl.O=C(NCCCN1CCNCC1)c1csc(-c2ccc3c(c2)OCO3)n1. The number of aromatic nitrogens is 1. The van der Waals surface area contributed by atoms with Gasteiger partial charge in [0.1, 0.15) is 10.7 Å². The largest absolute Gasteiger partial charge is 0.454 e. The molecule has 7 nitrogen and oxygen atoms in total. The van der Waals surface area contributed by atoms with Gasteiger partial charge in [-0.1, -0.05) is 0 Å². The van der Waals surface area contributed by atoms with Crippen LogP contribution in [0.2, 0.25) is 0 Å². The first-order chi connectivity index (χ1) is 12.8. The van der Waals surface area contributed by atoms with E-state index in [4.69, 9.17) is 9.47 Å². The molecule has 1 aromatic carbocycles. The molecular weight excluding hydrogens is 423 g/mol. The van der Waals surface area contributed by atoms with Gasteiger partial charge in [-0.3, -0.25) is 4.79 Å². The lowest BCUT2D eigenvalue weighted by atomic mass is 10.2. The van der Waals surface area contributed by atoms with Gasteiger partial charge in [0.15, 0.2) is 11.5 Å². The highest BCUT2D eigenvalue weighted by molar-refractivity contribution is 7.13. The van der Waals surface area contributed by atoms with Crippen LogP contribution in [0.1, 0.15) is 16.9 Å². The highest BCUT2D eigenvalue weighted by Gasteiger charge is 2.17. The lowest BCUT2D eigenvalue weighted by Crippen LogP contribution is -2.44. The fraction of sp³-hybridized carbons (Fsp3) is 0.444. The number of piperazine rings is 1. The number of rotatable bonds is 6. The van der Waals surface area contributed by atoms with Gasteiger partial charge in [-0.05, 0) is 31.2 Å². The summed E-state index contributed by atoms with van der Waals surface area (Å²) >= 11 is 1.45. The second-order valence-corrected chi connectivity index (χ2v) is 7.17. The Hall–Kier alpha value is -1.58. The first kappa shape index (κ1) is 22.7. The van der Waals surface area contributed by atoms with Crippen LogP contribution in [0, 0.1) is 0 Å². The van der Waals surface area contributed by atoms with E-state index in [1.165, 1.54) is 11.3 Å². The van der Waals surface area contributed by atoms with E-state index in [-0.39, 0.29) is 37.5 Å². The van der Waals surface area contributed by atoms with Crippen LogP contribution >= 0.6 is 36.2 Å². The normalized spacial score (nSPS) is 15.4. The topological polar surface area (TPSA) is 75.7 Å². The van der Waals surface area contributed by atoms with Crippen molar-refractivity contribution in [1.29, 1.82) is 0 Å². The van der Waals surface area contributed by atoms with Crippen molar-refractivity contribution in [2.24, 2.45) is 0 Å². The maximum absolute atomic E-state index is 12.3. The third kappa shape index (κ3) is 5.48. The number of amides is 1. The number of hydrogen-bond donors (Lipinski definition) is 2. The number of carbonyl (C=O) groups excluding carboxylic acids is 1. The molecule has 2 aromatic rings. The van der Waals surface area contributed by atoms with Gasteiger partial charge in [0.05, 0.1) is 0 Å². The first-order valence-electron chi connectivity index (χ1n) is 8.86. The predicted octanol–water partition coefficient (Wildman–Crippen LogP) is 2.41. The average molecular weight is 447 g/mol. The van der Waals surface area contributed by atoms with Crippen molar-refractivity contribution in [2.45, 2.75) is 6.42 Å². The smallest absolute Gasteiger partial charge is 0.270 e. The molecule has 1 aromatic heterocycles. The summed E-state index contributed by atoms with van der Waals surface area (Å²) in [5.74, 6) is 1.35. The summed E-state index contributed by atoms with van der Waals surface area (Å²) in [6.45, 7) is 6.19. The van der Waals surface area contributed by atoms with Gasteiger partial charge < -0.3 is 25.0 Å². The third-order valence-electron chi connectivity index (χ3n) is 4.50. The molecular formula is C18H24Cl2N4O3S. The molecule has 10 heteroatoms.